The average Bonchev–Trinajstić information content (AvgIpc) is 2.88. The van der Waals surface area contributed by atoms with Gasteiger partial charge in [-0.1, -0.05) is 13.3 Å². The number of rotatable bonds is 5. The van der Waals surface area contributed by atoms with Crippen LogP contribution in [-0.4, -0.2) is 31.3 Å². The van der Waals surface area contributed by atoms with E-state index in [9.17, 15) is 0 Å². The van der Waals surface area contributed by atoms with Gasteiger partial charge in [0.1, 0.15) is 17.2 Å². The molecule has 1 fully saturated rings. The Bertz CT molecular complexity index is 578. The summed E-state index contributed by atoms with van der Waals surface area (Å²) in [6, 6.07) is 0. The highest BCUT2D eigenvalue weighted by molar-refractivity contribution is 7.99. The maximum Gasteiger partial charge on any atom is 0.126 e. The molecular formula is C17H26N4S. The fourth-order valence-electron chi connectivity index (χ4n) is 3.87. The van der Waals surface area contributed by atoms with E-state index in [0.29, 0.717) is 0 Å². The molecule has 2 heterocycles. The monoisotopic (exact) mass is 318 g/mol. The molecule has 4 nitrogen and oxygen atoms in total. The van der Waals surface area contributed by atoms with Crippen LogP contribution < -0.4 is 0 Å². The Hall–Kier alpha value is -1.10. The second kappa shape index (κ2) is 6.99. The summed E-state index contributed by atoms with van der Waals surface area (Å²) < 4.78 is 2.07. The molecule has 0 spiro atoms. The lowest BCUT2D eigenvalue weighted by atomic mass is 9.79. The normalized spacial score (nSPS) is 23.8. The van der Waals surface area contributed by atoms with Gasteiger partial charge in [-0.25, -0.2) is 9.97 Å². The Balaban J connectivity index is 1.67. The van der Waals surface area contributed by atoms with Crippen molar-refractivity contribution in [1.82, 2.24) is 19.7 Å². The standard InChI is InChI=1S/C17H26N4S/c1-4-17(22-3)14-7-5-6-13(8-14)10-21-11-16-15(9-18-21)19-12(2)20-16/h9,11,13-14,17H,4-8,10H2,1-3H3. The van der Waals surface area contributed by atoms with Crippen LogP contribution in [0.4, 0.5) is 0 Å². The number of nitrogens with zero attached hydrogens (tertiary/aromatic N) is 4. The van der Waals surface area contributed by atoms with E-state index in [0.717, 1.165) is 40.8 Å². The van der Waals surface area contributed by atoms with Gasteiger partial charge in [0.15, 0.2) is 0 Å². The van der Waals surface area contributed by atoms with Crippen LogP contribution >= 0.6 is 11.8 Å². The number of thioether (sulfide) groups is 1. The van der Waals surface area contributed by atoms with Gasteiger partial charge in [-0.15, -0.1) is 0 Å². The van der Waals surface area contributed by atoms with E-state index in [2.05, 4.69) is 39.1 Å². The molecule has 0 radical (unpaired) electrons. The van der Waals surface area contributed by atoms with Crippen LogP contribution in [-0.2, 0) is 6.54 Å². The van der Waals surface area contributed by atoms with E-state index >= 15 is 0 Å². The van der Waals surface area contributed by atoms with Crippen LogP contribution in [0.25, 0.3) is 11.4 Å². The summed E-state index contributed by atoms with van der Waals surface area (Å²) in [7, 11) is 0. The Morgan fingerprint density at radius 1 is 1.32 bits per heavy atom. The van der Waals surface area contributed by atoms with Crippen molar-refractivity contribution in [3.63, 3.8) is 0 Å². The number of fused-ring (bicyclic) bond motifs is 1. The van der Waals surface area contributed by atoms with Crippen LogP contribution in [0.15, 0.2) is 12.4 Å². The minimum atomic E-state index is 0.749. The van der Waals surface area contributed by atoms with Crippen molar-refractivity contribution >= 4 is 11.8 Å². The highest BCUT2D eigenvalue weighted by atomic mass is 32.2. The molecule has 120 valence electrons. The maximum atomic E-state index is 4.53. The van der Waals surface area contributed by atoms with E-state index in [-0.39, 0.29) is 0 Å². The second-order valence-electron chi connectivity index (χ2n) is 6.51. The van der Waals surface area contributed by atoms with E-state index in [1.54, 1.807) is 0 Å². The maximum absolute atomic E-state index is 4.53. The van der Waals surface area contributed by atoms with Gasteiger partial charge in [0, 0.05) is 11.8 Å². The van der Waals surface area contributed by atoms with Crippen LogP contribution in [0.5, 0.6) is 0 Å². The van der Waals surface area contributed by atoms with Gasteiger partial charge in [0.05, 0.1) is 12.4 Å². The highest BCUT2D eigenvalue weighted by Gasteiger charge is 2.27. The third kappa shape index (κ3) is 3.45. The minimum absolute atomic E-state index is 0.749. The van der Waals surface area contributed by atoms with Gasteiger partial charge < -0.3 is 0 Å². The molecule has 3 rings (SSSR count). The Morgan fingerprint density at radius 3 is 2.91 bits per heavy atom. The summed E-state index contributed by atoms with van der Waals surface area (Å²) in [4.78, 5) is 8.83. The van der Waals surface area contributed by atoms with Gasteiger partial charge in [-0.2, -0.15) is 16.9 Å². The summed E-state index contributed by atoms with van der Waals surface area (Å²) in [5, 5.41) is 5.36. The zero-order valence-corrected chi connectivity index (χ0v) is 14.6. The summed E-state index contributed by atoms with van der Waals surface area (Å²) >= 11 is 2.05. The first-order chi connectivity index (χ1) is 10.7. The largest absolute Gasteiger partial charge is 0.270 e. The van der Waals surface area contributed by atoms with Crippen LogP contribution in [0.1, 0.15) is 44.9 Å². The van der Waals surface area contributed by atoms with Crippen LogP contribution in [0.2, 0.25) is 0 Å². The van der Waals surface area contributed by atoms with E-state index in [4.69, 9.17) is 0 Å². The molecule has 0 N–H and O–H groups in total. The number of hydrogen-bond donors (Lipinski definition) is 0. The molecule has 3 aliphatic rings. The van der Waals surface area contributed by atoms with Gasteiger partial charge >= 0.3 is 0 Å². The number of aryl methyl sites for hydroxylation is 1. The fraction of sp³-hybridized carbons (Fsp3) is 0.706. The molecule has 0 bridgehead atoms. The van der Waals surface area contributed by atoms with Crippen molar-refractivity contribution < 1.29 is 0 Å². The van der Waals surface area contributed by atoms with Crippen molar-refractivity contribution in [2.45, 2.75) is 57.7 Å². The predicted molar refractivity (Wildman–Crippen MR) is 92.2 cm³/mol. The van der Waals surface area contributed by atoms with E-state index in [1.807, 2.05) is 24.9 Å². The molecule has 0 saturated heterocycles. The third-order valence-electron chi connectivity index (χ3n) is 4.93. The van der Waals surface area contributed by atoms with Gasteiger partial charge in [-0.05, 0) is 50.7 Å². The molecule has 1 aliphatic carbocycles. The first-order valence-electron chi connectivity index (χ1n) is 8.39. The number of aromatic nitrogens is 4. The molecule has 0 amide bonds. The molecular weight excluding hydrogens is 292 g/mol. The number of hydrogen-bond acceptors (Lipinski definition) is 4. The van der Waals surface area contributed by atoms with Gasteiger partial charge in [-0.3, -0.25) is 4.68 Å². The molecule has 2 aliphatic heterocycles. The lowest BCUT2D eigenvalue weighted by Gasteiger charge is -2.33. The third-order valence-corrected chi connectivity index (χ3v) is 6.25. The molecule has 1 saturated carbocycles. The first kappa shape index (κ1) is 15.8. The van der Waals surface area contributed by atoms with Crippen LogP contribution in [0.3, 0.4) is 0 Å². The molecule has 0 aromatic rings. The SMILES string of the molecule is CCC(SC)C1CCCC(Cn2cc3nc(C)nc-3cn2)C1. The Morgan fingerprint density at radius 2 is 2.14 bits per heavy atom. The average molecular weight is 318 g/mol. The first-order valence-corrected chi connectivity index (χ1v) is 9.68. The fourth-order valence-corrected chi connectivity index (χ4v) is 4.84. The molecule has 3 atom stereocenters. The van der Waals surface area contributed by atoms with Crippen LogP contribution in [0, 0.1) is 18.8 Å². The van der Waals surface area contributed by atoms with Crippen molar-refractivity contribution in [3.05, 3.63) is 18.2 Å². The second-order valence-corrected chi connectivity index (χ2v) is 7.59. The van der Waals surface area contributed by atoms with Crippen molar-refractivity contribution in [1.29, 1.82) is 0 Å². The molecule has 0 aromatic carbocycles. The lowest BCUT2D eigenvalue weighted by Crippen LogP contribution is -2.27. The van der Waals surface area contributed by atoms with E-state index < -0.39 is 0 Å². The summed E-state index contributed by atoms with van der Waals surface area (Å²) in [6.45, 7) is 5.28. The zero-order valence-electron chi connectivity index (χ0n) is 13.8. The topological polar surface area (TPSA) is 43.6 Å². The van der Waals surface area contributed by atoms with Crippen molar-refractivity contribution in [2.75, 3.05) is 6.26 Å². The minimum Gasteiger partial charge on any atom is -0.270 e. The smallest absolute Gasteiger partial charge is 0.126 e. The number of imidazole rings is 1. The summed E-state index contributed by atoms with van der Waals surface area (Å²) in [5.74, 6) is 2.46. The molecule has 22 heavy (non-hydrogen) atoms. The molecule has 0 aromatic heterocycles. The highest BCUT2D eigenvalue weighted by Crippen LogP contribution is 2.37. The lowest BCUT2D eigenvalue weighted by molar-refractivity contribution is 0.231. The van der Waals surface area contributed by atoms with Crippen molar-refractivity contribution in [2.24, 2.45) is 11.8 Å². The molecule has 3 unspecified atom stereocenters. The van der Waals surface area contributed by atoms with Crippen molar-refractivity contribution in [3.8, 4) is 11.4 Å². The van der Waals surface area contributed by atoms with Gasteiger partial charge in [0.25, 0.3) is 0 Å². The van der Waals surface area contributed by atoms with Gasteiger partial charge in [0.2, 0.25) is 0 Å². The quantitative estimate of drug-likeness (QED) is 0.834. The summed E-state index contributed by atoms with van der Waals surface area (Å²) in [6.07, 6.45) is 12.9. The molecule has 5 heteroatoms. The summed E-state index contributed by atoms with van der Waals surface area (Å²) in [5.41, 5.74) is 1.87. The van der Waals surface area contributed by atoms with E-state index in [1.165, 1.54) is 32.1 Å². The predicted octanol–water partition coefficient (Wildman–Crippen LogP) is 4.03. The zero-order chi connectivity index (χ0) is 15.5. The Labute approximate surface area is 137 Å². The Kier molecular flexibility index (Phi) is 5.01.